The Balaban J connectivity index is 1.52. The highest BCUT2D eigenvalue weighted by Crippen LogP contribution is 2.55. The van der Waals surface area contributed by atoms with Gasteiger partial charge in [0.25, 0.3) is 0 Å². The number of benzene rings is 3. The summed E-state index contributed by atoms with van der Waals surface area (Å²) in [6.07, 6.45) is 3.69. The summed E-state index contributed by atoms with van der Waals surface area (Å²) in [5.41, 5.74) is 11.1. The molecule has 7 rings (SSSR count). The fourth-order valence-electron chi connectivity index (χ4n) is 6.34. The molecule has 0 radical (unpaired) electrons. The minimum atomic E-state index is -2.36. The molecule has 3 aromatic carbocycles. The van der Waals surface area contributed by atoms with Crippen LogP contribution in [0.25, 0.3) is 44.2 Å². The second-order valence-electron chi connectivity index (χ2n) is 11.3. The quantitative estimate of drug-likeness (QED) is 0.188. The summed E-state index contributed by atoms with van der Waals surface area (Å²) < 4.78 is 0. The van der Waals surface area contributed by atoms with Gasteiger partial charge in [0.1, 0.15) is 8.07 Å². The highest BCUT2D eigenvalue weighted by molar-refractivity contribution is 7.13. The summed E-state index contributed by atoms with van der Waals surface area (Å²) in [7, 11) is -2.36. The normalized spacial score (nSPS) is 14.3. The lowest BCUT2D eigenvalue weighted by Gasteiger charge is -2.26. The lowest BCUT2D eigenvalue weighted by atomic mass is 9.89. The summed E-state index contributed by atoms with van der Waals surface area (Å²) in [6.45, 7) is 4.94. The number of rotatable bonds is 6. The van der Waals surface area contributed by atoms with Crippen molar-refractivity contribution in [1.82, 2.24) is 15.0 Å². The Hall–Kier alpha value is -5.19. The zero-order valence-corrected chi connectivity index (χ0v) is 25.3. The van der Waals surface area contributed by atoms with Gasteiger partial charge in [0.15, 0.2) is 0 Å². The largest absolute Gasteiger partial charge is 0.256 e. The predicted octanol–water partition coefficient (Wildman–Crippen LogP) is 9.53. The third-order valence-corrected chi connectivity index (χ3v) is 11.7. The maximum absolute atomic E-state index is 5.30. The molecule has 1 aliphatic heterocycles. The van der Waals surface area contributed by atoms with Gasteiger partial charge in [-0.15, -0.1) is 0 Å². The number of pyridine rings is 3. The van der Waals surface area contributed by atoms with E-state index in [1.807, 2.05) is 42.7 Å². The van der Waals surface area contributed by atoms with Crippen molar-refractivity contribution in [2.75, 3.05) is 0 Å². The van der Waals surface area contributed by atoms with Crippen LogP contribution in [0.15, 0.2) is 152 Å². The third-order valence-electron chi connectivity index (χ3n) is 8.17. The molecule has 0 bridgehead atoms. The van der Waals surface area contributed by atoms with Gasteiger partial charge in [-0.2, -0.15) is 0 Å². The van der Waals surface area contributed by atoms with Gasteiger partial charge < -0.3 is 0 Å². The molecule has 0 amide bonds. The van der Waals surface area contributed by atoms with Crippen molar-refractivity contribution < 1.29 is 0 Å². The molecule has 1 aliphatic rings. The average molecular weight is 570 g/mol. The maximum Gasteiger partial charge on any atom is 0.117 e. The van der Waals surface area contributed by atoms with Crippen molar-refractivity contribution >= 4 is 29.6 Å². The van der Waals surface area contributed by atoms with Gasteiger partial charge in [-0.1, -0.05) is 110 Å². The van der Waals surface area contributed by atoms with Crippen LogP contribution in [0.1, 0.15) is 22.4 Å². The number of allylic oxidation sites excluding steroid dienone is 2. The van der Waals surface area contributed by atoms with Crippen molar-refractivity contribution in [3.8, 4) is 22.6 Å². The maximum atomic E-state index is 5.30. The van der Waals surface area contributed by atoms with Gasteiger partial charge in [-0.25, -0.2) is 4.98 Å². The van der Waals surface area contributed by atoms with Gasteiger partial charge >= 0.3 is 0 Å². The Morgan fingerprint density at radius 2 is 0.884 bits per heavy atom. The Labute approximate surface area is 254 Å². The van der Waals surface area contributed by atoms with Crippen LogP contribution in [0.4, 0.5) is 0 Å². The van der Waals surface area contributed by atoms with Crippen LogP contribution < -0.4 is 0 Å². The first-order valence-corrected chi connectivity index (χ1v) is 17.6. The summed E-state index contributed by atoms with van der Waals surface area (Å²) in [5, 5.41) is 2.75. The molecule has 4 heteroatoms. The molecule has 0 aliphatic carbocycles. The van der Waals surface area contributed by atoms with Gasteiger partial charge in [-0.05, 0) is 80.7 Å². The Bertz CT molecular complexity index is 1820. The standard InChI is InChI=1S/C39H31N3Si/c1-43(2)38(31-20-13-19-30(27-31)32-21-9-11-25-40-32)36(28-15-5-3-6-16-28)37(29-17-7-4-8-18-29)39(43)35-24-14-23-34(42-35)33-22-10-12-26-41-33/h3-27H,1-2H3. The van der Waals surface area contributed by atoms with Gasteiger partial charge in [-0.3, -0.25) is 9.97 Å². The molecule has 6 aromatic rings. The molecule has 0 atom stereocenters. The third kappa shape index (κ3) is 4.96. The van der Waals surface area contributed by atoms with Crippen LogP contribution in [-0.4, -0.2) is 23.0 Å². The van der Waals surface area contributed by atoms with E-state index in [2.05, 4.69) is 132 Å². The second-order valence-corrected chi connectivity index (χ2v) is 15.5. The fraction of sp³-hybridized carbons (Fsp3) is 0.0513. The van der Waals surface area contributed by atoms with Gasteiger partial charge in [0, 0.05) is 18.0 Å². The van der Waals surface area contributed by atoms with Crippen LogP contribution in [-0.2, 0) is 0 Å². The summed E-state index contributed by atoms with van der Waals surface area (Å²) in [4.78, 5) is 14.6. The number of hydrogen-bond donors (Lipinski definition) is 0. The van der Waals surface area contributed by atoms with Gasteiger partial charge in [0.2, 0.25) is 0 Å². The Kier molecular flexibility index (Phi) is 6.97. The number of hydrogen-bond acceptors (Lipinski definition) is 3. The molecule has 3 nitrogen and oxygen atoms in total. The van der Waals surface area contributed by atoms with E-state index in [1.54, 1.807) is 0 Å². The van der Waals surface area contributed by atoms with Crippen LogP contribution in [0.2, 0.25) is 13.1 Å². The summed E-state index contributed by atoms with van der Waals surface area (Å²) in [5.74, 6) is 0. The zero-order valence-electron chi connectivity index (χ0n) is 24.3. The second kappa shape index (κ2) is 11.2. The van der Waals surface area contributed by atoms with E-state index in [1.165, 1.54) is 38.2 Å². The lowest BCUT2D eigenvalue weighted by Crippen LogP contribution is -2.29. The zero-order chi connectivity index (χ0) is 29.2. The molecule has 4 heterocycles. The molecule has 0 saturated heterocycles. The lowest BCUT2D eigenvalue weighted by molar-refractivity contribution is 1.23. The molecule has 0 N–H and O–H groups in total. The van der Waals surface area contributed by atoms with Crippen LogP contribution >= 0.6 is 0 Å². The summed E-state index contributed by atoms with van der Waals surface area (Å²) >= 11 is 0. The molecule has 0 fully saturated rings. The minimum absolute atomic E-state index is 0.878. The van der Waals surface area contributed by atoms with E-state index in [9.17, 15) is 0 Å². The molecule has 43 heavy (non-hydrogen) atoms. The fourth-order valence-corrected chi connectivity index (χ4v) is 10.0. The van der Waals surface area contributed by atoms with E-state index >= 15 is 0 Å². The van der Waals surface area contributed by atoms with Crippen molar-refractivity contribution in [1.29, 1.82) is 0 Å². The predicted molar refractivity (Wildman–Crippen MR) is 181 cm³/mol. The summed E-state index contributed by atoms with van der Waals surface area (Å²) in [6, 6.07) is 49.0. The number of nitrogens with zero attached hydrogens (tertiary/aromatic N) is 3. The SMILES string of the molecule is C[Si]1(C)C(c2cccc(-c3ccccn3)c2)=C(c2ccccc2)C(c2ccccc2)=C1c1cccc(-c2ccccn2)n1. The van der Waals surface area contributed by atoms with E-state index in [0.29, 0.717) is 0 Å². The highest BCUT2D eigenvalue weighted by Gasteiger charge is 2.44. The monoisotopic (exact) mass is 569 g/mol. The minimum Gasteiger partial charge on any atom is -0.256 e. The first kappa shape index (κ1) is 26.7. The van der Waals surface area contributed by atoms with Crippen molar-refractivity contribution in [2.24, 2.45) is 0 Å². The molecule has 3 aromatic heterocycles. The molecule has 206 valence electrons. The molecular weight excluding hydrogens is 539 g/mol. The number of aromatic nitrogens is 3. The molecule has 0 saturated carbocycles. The van der Waals surface area contributed by atoms with E-state index in [0.717, 1.165) is 28.3 Å². The van der Waals surface area contributed by atoms with Crippen molar-refractivity contribution in [3.63, 3.8) is 0 Å². The van der Waals surface area contributed by atoms with Crippen LogP contribution in [0.5, 0.6) is 0 Å². The first-order valence-electron chi connectivity index (χ1n) is 14.6. The first-order chi connectivity index (χ1) is 21.1. The van der Waals surface area contributed by atoms with Crippen molar-refractivity contribution in [3.05, 3.63) is 174 Å². The highest BCUT2D eigenvalue weighted by atomic mass is 28.3. The van der Waals surface area contributed by atoms with Crippen LogP contribution in [0, 0.1) is 0 Å². The Morgan fingerprint density at radius 3 is 1.51 bits per heavy atom. The van der Waals surface area contributed by atoms with E-state index in [4.69, 9.17) is 4.98 Å². The topological polar surface area (TPSA) is 38.7 Å². The van der Waals surface area contributed by atoms with Gasteiger partial charge in [0.05, 0.1) is 22.8 Å². The molecule has 0 unspecified atom stereocenters. The Morgan fingerprint density at radius 1 is 0.395 bits per heavy atom. The van der Waals surface area contributed by atoms with Crippen LogP contribution in [0.3, 0.4) is 0 Å². The average Bonchev–Trinajstić information content (AvgIpc) is 3.33. The van der Waals surface area contributed by atoms with E-state index in [-0.39, 0.29) is 0 Å². The molecule has 0 spiro atoms. The molecular formula is C39H31N3Si. The van der Waals surface area contributed by atoms with Crippen molar-refractivity contribution in [2.45, 2.75) is 13.1 Å². The smallest absolute Gasteiger partial charge is 0.117 e. The van der Waals surface area contributed by atoms with E-state index < -0.39 is 8.07 Å².